The Morgan fingerprint density at radius 3 is 2.58 bits per heavy atom. The molecule has 1 atom stereocenters. The first-order chi connectivity index (χ1) is 5.66. The highest BCUT2D eigenvalue weighted by Crippen LogP contribution is 2.01. The van der Waals surface area contributed by atoms with Gasteiger partial charge in [0.15, 0.2) is 0 Å². The van der Waals surface area contributed by atoms with E-state index in [9.17, 15) is 4.79 Å². The van der Waals surface area contributed by atoms with E-state index in [-0.39, 0.29) is 11.9 Å². The van der Waals surface area contributed by atoms with Crippen molar-refractivity contribution in [2.45, 2.75) is 52.6 Å². The standard InChI is InChI=1S/C10H20O2/c1-4-5-6-7-12-10(3)8-9(2)11/h10H,4-8H2,1-3H3. The van der Waals surface area contributed by atoms with Crippen molar-refractivity contribution in [3.63, 3.8) is 0 Å². The summed E-state index contributed by atoms with van der Waals surface area (Å²) < 4.78 is 5.43. The van der Waals surface area contributed by atoms with Gasteiger partial charge in [-0.05, 0) is 20.3 Å². The fourth-order valence-corrected chi connectivity index (χ4v) is 1.10. The molecule has 72 valence electrons. The summed E-state index contributed by atoms with van der Waals surface area (Å²) in [4.78, 5) is 10.7. The van der Waals surface area contributed by atoms with Crippen LogP contribution in [-0.2, 0) is 9.53 Å². The number of hydrogen-bond donors (Lipinski definition) is 0. The highest BCUT2D eigenvalue weighted by molar-refractivity contribution is 5.75. The second-order valence-corrected chi connectivity index (χ2v) is 3.29. The van der Waals surface area contributed by atoms with E-state index in [1.54, 1.807) is 6.92 Å². The number of rotatable bonds is 7. The Labute approximate surface area is 75.3 Å². The van der Waals surface area contributed by atoms with E-state index in [1.165, 1.54) is 12.8 Å². The number of carbonyl (C=O) groups excluding carboxylic acids is 1. The summed E-state index contributed by atoms with van der Waals surface area (Å²) in [5.74, 6) is 0.206. The molecule has 0 aliphatic heterocycles. The zero-order chi connectivity index (χ0) is 9.40. The summed E-state index contributed by atoms with van der Waals surface area (Å²) in [5.41, 5.74) is 0. The van der Waals surface area contributed by atoms with Gasteiger partial charge in [-0.1, -0.05) is 19.8 Å². The molecule has 0 heterocycles. The molecular formula is C10H20O2. The van der Waals surface area contributed by atoms with Gasteiger partial charge >= 0.3 is 0 Å². The van der Waals surface area contributed by atoms with Gasteiger partial charge in [0.2, 0.25) is 0 Å². The Kier molecular flexibility index (Phi) is 7.06. The van der Waals surface area contributed by atoms with Crippen LogP contribution in [0.4, 0.5) is 0 Å². The topological polar surface area (TPSA) is 26.3 Å². The third-order valence-electron chi connectivity index (χ3n) is 1.73. The average molecular weight is 172 g/mol. The van der Waals surface area contributed by atoms with Crippen LogP contribution >= 0.6 is 0 Å². The van der Waals surface area contributed by atoms with E-state index >= 15 is 0 Å². The minimum atomic E-state index is 0.0966. The van der Waals surface area contributed by atoms with Gasteiger partial charge < -0.3 is 4.74 Å². The number of ketones is 1. The zero-order valence-electron chi connectivity index (χ0n) is 8.43. The van der Waals surface area contributed by atoms with Crippen LogP contribution < -0.4 is 0 Å². The molecule has 0 radical (unpaired) electrons. The van der Waals surface area contributed by atoms with Crippen molar-refractivity contribution in [2.75, 3.05) is 6.61 Å². The second-order valence-electron chi connectivity index (χ2n) is 3.29. The lowest BCUT2D eigenvalue weighted by Gasteiger charge is -2.10. The first kappa shape index (κ1) is 11.6. The van der Waals surface area contributed by atoms with Crippen LogP contribution in [0.2, 0.25) is 0 Å². The highest BCUT2D eigenvalue weighted by atomic mass is 16.5. The maximum absolute atomic E-state index is 10.7. The molecule has 0 spiro atoms. The Morgan fingerprint density at radius 2 is 2.08 bits per heavy atom. The third kappa shape index (κ3) is 7.73. The van der Waals surface area contributed by atoms with Crippen LogP contribution in [0, 0.1) is 0 Å². The SMILES string of the molecule is CCCCCOC(C)CC(C)=O. The summed E-state index contributed by atoms with van der Waals surface area (Å²) >= 11 is 0. The summed E-state index contributed by atoms with van der Waals surface area (Å²) in [6, 6.07) is 0. The molecular weight excluding hydrogens is 152 g/mol. The quantitative estimate of drug-likeness (QED) is 0.552. The monoisotopic (exact) mass is 172 g/mol. The molecule has 0 saturated heterocycles. The lowest BCUT2D eigenvalue weighted by atomic mass is 10.2. The van der Waals surface area contributed by atoms with Crippen molar-refractivity contribution in [2.24, 2.45) is 0 Å². The fourth-order valence-electron chi connectivity index (χ4n) is 1.10. The van der Waals surface area contributed by atoms with Crippen molar-refractivity contribution in [1.82, 2.24) is 0 Å². The van der Waals surface area contributed by atoms with Crippen LogP contribution in [0.5, 0.6) is 0 Å². The van der Waals surface area contributed by atoms with Gasteiger partial charge in [0.1, 0.15) is 5.78 Å². The molecule has 2 nitrogen and oxygen atoms in total. The van der Waals surface area contributed by atoms with Crippen LogP contribution in [0.3, 0.4) is 0 Å². The first-order valence-electron chi connectivity index (χ1n) is 4.77. The third-order valence-corrected chi connectivity index (χ3v) is 1.73. The van der Waals surface area contributed by atoms with Crippen LogP contribution in [0.15, 0.2) is 0 Å². The molecule has 2 heteroatoms. The molecule has 0 bridgehead atoms. The largest absolute Gasteiger partial charge is 0.378 e. The van der Waals surface area contributed by atoms with Crippen molar-refractivity contribution < 1.29 is 9.53 Å². The minimum absolute atomic E-state index is 0.0966. The predicted octanol–water partition coefficient (Wildman–Crippen LogP) is 2.56. The van der Waals surface area contributed by atoms with Gasteiger partial charge in [-0.3, -0.25) is 4.79 Å². The highest BCUT2D eigenvalue weighted by Gasteiger charge is 2.04. The molecule has 0 saturated carbocycles. The Bertz CT molecular complexity index is 121. The van der Waals surface area contributed by atoms with Gasteiger partial charge in [-0.15, -0.1) is 0 Å². The second kappa shape index (κ2) is 7.29. The normalized spacial score (nSPS) is 12.9. The van der Waals surface area contributed by atoms with Gasteiger partial charge in [0, 0.05) is 13.0 Å². The summed E-state index contributed by atoms with van der Waals surface area (Å²) in [6.07, 6.45) is 4.18. The number of carbonyl (C=O) groups is 1. The molecule has 0 fully saturated rings. The molecule has 0 aromatic rings. The van der Waals surface area contributed by atoms with Crippen molar-refractivity contribution >= 4 is 5.78 Å². The molecule has 0 rings (SSSR count). The fraction of sp³-hybridized carbons (Fsp3) is 0.900. The van der Waals surface area contributed by atoms with Crippen LogP contribution in [0.25, 0.3) is 0 Å². The lowest BCUT2D eigenvalue weighted by molar-refractivity contribution is -0.119. The van der Waals surface area contributed by atoms with Gasteiger partial charge in [0.05, 0.1) is 6.10 Å². The molecule has 0 aliphatic rings. The number of hydrogen-bond acceptors (Lipinski definition) is 2. The van der Waals surface area contributed by atoms with E-state index in [2.05, 4.69) is 6.92 Å². The Hall–Kier alpha value is -0.370. The summed E-state index contributed by atoms with van der Waals surface area (Å²) in [5, 5.41) is 0. The Morgan fingerprint density at radius 1 is 1.42 bits per heavy atom. The molecule has 0 N–H and O–H groups in total. The van der Waals surface area contributed by atoms with E-state index < -0.39 is 0 Å². The molecule has 0 aromatic carbocycles. The molecule has 0 amide bonds. The van der Waals surface area contributed by atoms with E-state index in [0.29, 0.717) is 6.42 Å². The average Bonchev–Trinajstić information content (AvgIpc) is 1.97. The van der Waals surface area contributed by atoms with E-state index in [0.717, 1.165) is 13.0 Å². The smallest absolute Gasteiger partial charge is 0.132 e. The molecule has 0 aliphatic carbocycles. The predicted molar refractivity (Wildman–Crippen MR) is 50.2 cm³/mol. The van der Waals surface area contributed by atoms with Crippen LogP contribution in [0.1, 0.15) is 46.5 Å². The molecule has 0 aromatic heterocycles. The number of unbranched alkanes of at least 4 members (excludes halogenated alkanes) is 2. The van der Waals surface area contributed by atoms with Crippen molar-refractivity contribution in [1.29, 1.82) is 0 Å². The zero-order valence-corrected chi connectivity index (χ0v) is 8.43. The minimum Gasteiger partial charge on any atom is -0.378 e. The number of ether oxygens (including phenoxy) is 1. The van der Waals surface area contributed by atoms with Gasteiger partial charge in [-0.25, -0.2) is 0 Å². The molecule has 12 heavy (non-hydrogen) atoms. The van der Waals surface area contributed by atoms with Crippen LogP contribution in [-0.4, -0.2) is 18.5 Å². The number of Topliss-reactive ketones (excluding diaryl/α,β-unsaturated/α-hetero) is 1. The maximum atomic E-state index is 10.7. The Balaban J connectivity index is 3.19. The summed E-state index contributed by atoms with van der Waals surface area (Å²) in [7, 11) is 0. The lowest BCUT2D eigenvalue weighted by Crippen LogP contribution is -2.12. The van der Waals surface area contributed by atoms with Crippen molar-refractivity contribution in [3.8, 4) is 0 Å². The maximum Gasteiger partial charge on any atom is 0.132 e. The van der Waals surface area contributed by atoms with Gasteiger partial charge in [0.25, 0.3) is 0 Å². The van der Waals surface area contributed by atoms with Crippen molar-refractivity contribution in [3.05, 3.63) is 0 Å². The van der Waals surface area contributed by atoms with E-state index in [4.69, 9.17) is 4.74 Å². The first-order valence-corrected chi connectivity index (χ1v) is 4.77. The van der Waals surface area contributed by atoms with E-state index in [1.807, 2.05) is 6.92 Å². The van der Waals surface area contributed by atoms with Gasteiger partial charge in [-0.2, -0.15) is 0 Å². The molecule has 1 unspecified atom stereocenters. The summed E-state index contributed by atoms with van der Waals surface area (Å²) in [6.45, 7) is 6.51.